The van der Waals surface area contributed by atoms with Crippen LogP contribution in [0.5, 0.6) is 5.75 Å². The highest BCUT2D eigenvalue weighted by molar-refractivity contribution is 5.98. The molecule has 0 spiro atoms. The van der Waals surface area contributed by atoms with Gasteiger partial charge >= 0.3 is 5.97 Å². The minimum absolute atomic E-state index is 0.0200. The summed E-state index contributed by atoms with van der Waals surface area (Å²) in [5.41, 5.74) is 6.70. The number of nitrogens with zero attached hydrogens (tertiary/aromatic N) is 2. The lowest BCUT2D eigenvalue weighted by Gasteiger charge is -2.10. The van der Waals surface area contributed by atoms with Crippen LogP contribution >= 0.6 is 0 Å². The van der Waals surface area contributed by atoms with Crippen molar-refractivity contribution >= 4 is 11.8 Å². The summed E-state index contributed by atoms with van der Waals surface area (Å²) >= 11 is 0. The van der Waals surface area contributed by atoms with E-state index in [4.69, 9.17) is 15.3 Å². The van der Waals surface area contributed by atoms with Gasteiger partial charge in [0, 0.05) is 18.0 Å². The molecule has 1 aromatic heterocycles. The zero-order valence-corrected chi connectivity index (χ0v) is 12.4. The van der Waals surface area contributed by atoms with E-state index in [9.17, 15) is 4.79 Å². The van der Waals surface area contributed by atoms with Crippen molar-refractivity contribution in [2.75, 3.05) is 0 Å². The number of ether oxygens (including phenoxy) is 1. The normalized spacial score (nSPS) is 11.3. The smallest absolute Gasteiger partial charge is 0.365 e. The van der Waals surface area contributed by atoms with Crippen molar-refractivity contribution in [3.8, 4) is 5.75 Å². The molecule has 0 bridgehead atoms. The van der Waals surface area contributed by atoms with Crippen LogP contribution in [0.1, 0.15) is 29.8 Å². The van der Waals surface area contributed by atoms with Crippen LogP contribution in [0, 0.1) is 0 Å². The van der Waals surface area contributed by atoms with Crippen LogP contribution in [0.3, 0.4) is 0 Å². The SMILES string of the molecule is CC(C)Oc1cccc(C(=O)O/N=C(/N)c2ccncc2)c1. The molecule has 0 saturated heterocycles. The molecule has 22 heavy (non-hydrogen) atoms. The lowest BCUT2D eigenvalue weighted by molar-refractivity contribution is 0.0515. The maximum Gasteiger partial charge on any atom is 0.365 e. The molecule has 0 atom stereocenters. The Bertz CT molecular complexity index is 669. The first-order valence-corrected chi connectivity index (χ1v) is 6.78. The number of amidine groups is 1. The van der Waals surface area contributed by atoms with E-state index in [2.05, 4.69) is 10.1 Å². The van der Waals surface area contributed by atoms with Crippen LogP contribution < -0.4 is 10.5 Å². The van der Waals surface area contributed by atoms with E-state index in [0.29, 0.717) is 16.9 Å². The molecule has 0 amide bonds. The second kappa shape index (κ2) is 7.21. The highest BCUT2D eigenvalue weighted by Crippen LogP contribution is 2.15. The topological polar surface area (TPSA) is 86.8 Å². The number of carbonyl (C=O) groups is 1. The molecule has 0 aliphatic carbocycles. The number of aromatic nitrogens is 1. The van der Waals surface area contributed by atoms with Gasteiger partial charge in [0.1, 0.15) is 5.75 Å². The molecule has 2 rings (SSSR count). The molecule has 0 aliphatic heterocycles. The van der Waals surface area contributed by atoms with Crippen LogP contribution in [0.2, 0.25) is 0 Å². The van der Waals surface area contributed by atoms with Gasteiger partial charge in [-0.3, -0.25) is 4.98 Å². The Morgan fingerprint density at radius 2 is 1.91 bits per heavy atom. The summed E-state index contributed by atoms with van der Waals surface area (Å²) in [5, 5.41) is 3.64. The Morgan fingerprint density at radius 1 is 1.18 bits per heavy atom. The fourth-order valence-electron chi connectivity index (χ4n) is 1.69. The summed E-state index contributed by atoms with van der Waals surface area (Å²) in [4.78, 5) is 20.7. The summed E-state index contributed by atoms with van der Waals surface area (Å²) in [6, 6.07) is 10.0. The van der Waals surface area contributed by atoms with Crippen LogP contribution in [0.25, 0.3) is 0 Å². The van der Waals surface area contributed by atoms with Crippen molar-refractivity contribution in [1.29, 1.82) is 0 Å². The number of nitrogens with two attached hydrogens (primary N) is 1. The molecular formula is C16H17N3O3. The highest BCUT2D eigenvalue weighted by Gasteiger charge is 2.10. The number of rotatable bonds is 5. The predicted molar refractivity (Wildman–Crippen MR) is 82.6 cm³/mol. The van der Waals surface area contributed by atoms with Gasteiger partial charge in [-0.1, -0.05) is 11.2 Å². The van der Waals surface area contributed by atoms with E-state index in [1.165, 1.54) is 0 Å². The van der Waals surface area contributed by atoms with Crippen molar-refractivity contribution in [2.45, 2.75) is 20.0 Å². The Balaban J connectivity index is 2.06. The average Bonchev–Trinajstić information content (AvgIpc) is 2.52. The molecule has 0 radical (unpaired) electrons. The number of oxime groups is 1. The first-order chi connectivity index (χ1) is 10.6. The summed E-state index contributed by atoms with van der Waals surface area (Å²) in [7, 11) is 0. The molecule has 6 heteroatoms. The minimum Gasteiger partial charge on any atom is -0.491 e. The summed E-state index contributed by atoms with van der Waals surface area (Å²) in [6.07, 6.45) is 3.17. The van der Waals surface area contributed by atoms with Gasteiger partial charge in [0.25, 0.3) is 0 Å². The lowest BCUT2D eigenvalue weighted by Crippen LogP contribution is -2.15. The van der Waals surface area contributed by atoms with Crippen molar-refractivity contribution in [3.05, 3.63) is 59.9 Å². The van der Waals surface area contributed by atoms with E-state index in [0.717, 1.165) is 0 Å². The standard InChI is InChI=1S/C16H17N3O3/c1-11(2)21-14-5-3-4-13(10-14)16(20)22-19-15(17)12-6-8-18-9-7-12/h3-11H,1-2H3,(H2,17,19). The molecular weight excluding hydrogens is 282 g/mol. The molecule has 2 aromatic rings. The number of hydrogen-bond donors (Lipinski definition) is 1. The first kappa shape index (κ1) is 15.5. The van der Waals surface area contributed by atoms with Crippen LogP contribution in [-0.4, -0.2) is 22.9 Å². The van der Waals surface area contributed by atoms with Gasteiger partial charge < -0.3 is 15.3 Å². The van der Waals surface area contributed by atoms with Crippen LogP contribution in [0.15, 0.2) is 53.9 Å². The number of pyridine rings is 1. The molecule has 0 unspecified atom stereocenters. The second-order valence-corrected chi connectivity index (χ2v) is 4.79. The fourth-order valence-corrected chi connectivity index (χ4v) is 1.69. The largest absolute Gasteiger partial charge is 0.491 e. The van der Waals surface area contributed by atoms with Gasteiger partial charge in [-0.25, -0.2) is 4.79 Å². The zero-order chi connectivity index (χ0) is 15.9. The van der Waals surface area contributed by atoms with E-state index < -0.39 is 5.97 Å². The molecule has 6 nitrogen and oxygen atoms in total. The summed E-state index contributed by atoms with van der Waals surface area (Å²) in [5.74, 6) is 0.0899. The van der Waals surface area contributed by atoms with E-state index >= 15 is 0 Å². The zero-order valence-electron chi connectivity index (χ0n) is 12.4. The van der Waals surface area contributed by atoms with Gasteiger partial charge in [-0.15, -0.1) is 0 Å². The van der Waals surface area contributed by atoms with Gasteiger partial charge in [-0.2, -0.15) is 0 Å². The predicted octanol–water partition coefficient (Wildman–Crippen LogP) is 2.35. The Hall–Kier alpha value is -2.89. The Labute approximate surface area is 128 Å². The second-order valence-electron chi connectivity index (χ2n) is 4.79. The molecule has 0 saturated carbocycles. The van der Waals surface area contributed by atoms with E-state index in [1.807, 2.05) is 13.8 Å². The maximum absolute atomic E-state index is 12.0. The Morgan fingerprint density at radius 3 is 2.59 bits per heavy atom. The monoisotopic (exact) mass is 299 g/mol. The summed E-state index contributed by atoms with van der Waals surface area (Å²) in [6.45, 7) is 3.81. The average molecular weight is 299 g/mol. The van der Waals surface area contributed by atoms with Crippen LogP contribution in [-0.2, 0) is 4.84 Å². The van der Waals surface area contributed by atoms with Gasteiger partial charge in [0.2, 0.25) is 0 Å². The van der Waals surface area contributed by atoms with Gasteiger partial charge in [0.15, 0.2) is 5.84 Å². The first-order valence-electron chi connectivity index (χ1n) is 6.78. The molecule has 1 aromatic carbocycles. The molecule has 114 valence electrons. The fraction of sp³-hybridized carbons (Fsp3) is 0.188. The third kappa shape index (κ3) is 4.31. The van der Waals surface area contributed by atoms with E-state index in [-0.39, 0.29) is 11.9 Å². The lowest BCUT2D eigenvalue weighted by atomic mass is 10.2. The van der Waals surface area contributed by atoms with Crippen molar-refractivity contribution in [3.63, 3.8) is 0 Å². The number of carbonyl (C=O) groups excluding carboxylic acids is 1. The number of hydrogen-bond acceptors (Lipinski definition) is 5. The van der Waals surface area contributed by atoms with Crippen LogP contribution in [0.4, 0.5) is 0 Å². The van der Waals surface area contributed by atoms with Crippen molar-refractivity contribution < 1.29 is 14.4 Å². The molecule has 0 aliphatic rings. The Kier molecular flexibility index (Phi) is 5.08. The number of benzene rings is 1. The minimum atomic E-state index is -0.605. The van der Waals surface area contributed by atoms with Crippen molar-refractivity contribution in [1.82, 2.24) is 4.98 Å². The van der Waals surface area contributed by atoms with Gasteiger partial charge in [0.05, 0.1) is 11.7 Å². The summed E-state index contributed by atoms with van der Waals surface area (Å²) < 4.78 is 5.52. The third-order valence-electron chi connectivity index (χ3n) is 2.64. The van der Waals surface area contributed by atoms with Crippen molar-refractivity contribution in [2.24, 2.45) is 10.9 Å². The third-order valence-corrected chi connectivity index (χ3v) is 2.64. The van der Waals surface area contributed by atoms with E-state index in [1.54, 1.807) is 48.8 Å². The molecule has 1 heterocycles. The molecule has 2 N–H and O–H groups in total. The highest BCUT2D eigenvalue weighted by atomic mass is 16.7. The quantitative estimate of drug-likeness (QED) is 0.396. The molecule has 0 fully saturated rings. The van der Waals surface area contributed by atoms with Gasteiger partial charge in [-0.05, 0) is 44.2 Å². The maximum atomic E-state index is 12.0.